The highest BCUT2D eigenvalue weighted by atomic mass is 19.4. The van der Waals surface area contributed by atoms with E-state index < -0.39 is 17.6 Å². The van der Waals surface area contributed by atoms with Gasteiger partial charge in [0.05, 0.1) is 11.3 Å². The molecule has 1 aliphatic heterocycles. The molecule has 1 unspecified atom stereocenters. The van der Waals surface area contributed by atoms with Crippen molar-refractivity contribution in [1.29, 1.82) is 0 Å². The lowest BCUT2D eigenvalue weighted by atomic mass is 10.1. The summed E-state index contributed by atoms with van der Waals surface area (Å²) in [5.41, 5.74) is -0.681. The first kappa shape index (κ1) is 15.1. The third kappa shape index (κ3) is 3.23. The largest absolute Gasteiger partial charge is 0.416 e. The maximum absolute atomic E-state index is 14.0. The molecule has 1 N–H and O–H groups in total. The SMILES string of the molecule is CCNCC1CCCN1c1ccc(C(F)(F)F)cc1F. The van der Waals surface area contributed by atoms with Crippen LogP contribution in [0.15, 0.2) is 18.2 Å². The van der Waals surface area contributed by atoms with Crippen molar-refractivity contribution in [1.82, 2.24) is 5.32 Å². The molecule has 1 aromatic carbocycles. The molecule has 1 aliphatic rings. The maximum atomic E-state index is 14.0. The summed E-state index contributed by atoms with van der Waals surface area (Å²) < 4.78 is 51.6. The predicted molar refractivity (Wildman–Crippen MR) is 70.3 cm³/mol. The van der Waals surface area contributed by atoms with Gasteiger partial charge in [0.1, 0.15) is 5.82 Å². The number of alkyl halides is 3. The van der Waals surface area contributed by atoms with E-state index in [1.54, 1.807) is 0 Å². The topological polar surface area (TPSA) is 15.3 Å². The molecule has 0 aliphatic carbocycles. The molecule has 1 saturated heterocycles. The minimum Gasteiger partial charge on any atom is -0.365 e. The first-order valence-electron chi connectivity index (χ1n) is 6.77. The summed E-state index contributed by atoms with van der Waals surface area (Å²) in [5.74, 6) is -0.803. The summed E-state index contributed by atoms with van der Waals surface area (Å²) in [6.07, 6.45) is -2.66. The summed E-state index contributed by atoms with van der Waals surface area (Å²) >= 11 is 0. The number of likely N-dealkylation sites (N-methyl/N-ethyl adjacent to an activating group) is 1. The fourth-order valence-electron chi connectivity index (χ4n) is 2.59. The highest BCUT2D eigenvalue weighted by Gasteiger charge is 2.33. The Kier molecular flexibility index (Phi) is 4.52. The van der Waals surface area contributed by atoms with Gasteiger partial charge in [-0.15, -0.1) is 0 Å². The van der Waals surface area contributed by atoms with Crippen molar-refractivity contribution in [2.75, 3.05) is 24.5 Å². The van der Waals surface area contributed by atoms with E-state index in [2.05, 4.69) is 5.32 Å². The zero-order chi connectivity index (χ0) is 14.8. The van der Waals surface area contributed by atoms with Crippen LogP contribution in [-0.4, -0.2) is 25.7 Å². The monoisotopic (exact) mass is 290 g/mol. The smallest absolute Gasteiger partial charge is 0.365 e. The summed E-state index contributed by atoms with van der Waals surface area (Å²) in [7, 11) is 0. The number of hydrogen-bond acceptors (Lipinski definition) is 2. The Morgan fingerprint density at radius 3 is 2.70 bits per heavy atom. The Morgan fingerprint density at radius 2 is 2.10 bits per heavy atom. The van der Waals surface area contributed by atoms with Gasteiger partial charge in [-0.25, -0.2) is 4.39 Å². The number of anilines is 1. The minimum absolute atomic E-state index is 0.140. The lowest BCUT2D eigenvalue weighted by Crippen LogP contribution is -2.38. The normalized spacial score (nSPS) is 19.6. The van der Waals surface area contributed by atoms with Crippen molar-refractivity contribution < 1.29 is 17.6 Å². The average molecular weight is 290 g/mol. The lowest BCUT2D eigenvalue weighted by Gasteiger charge is -2.27. The van der Waals surface area contributed by atoms with Gasteiger partial charge in [-0.05, 0) is 37.6 Å². The molecule has 1 fully saturated rings. The number of nitrogens with zero attached hydrogens (tertiary/aromatic N) is 1. The molecule has 20 heavy (non-hydrogen) atoms. The van der Waals surface area contributed by atoms with Gasteiger partial charge in [-0.2, -0.15) is 13.2 Å². The molecule has 2 nitrogen and oxygen atoms in total. The van der Waals surface area contributed by atoms with Crippen LogP contribution in [0.3, 0.4) is 0 Å². The van der Waals surface area contributed by atoms with Crippen molar-refractivity contribution in [3.8, 4) is 0 Å². The predicted octanol–water partition coefficient (Wildman–Crippen LogP) is 3.42. The molecule has 0 bridgehead atoms. The molecular weight excluding hydrogens is 272 g/mol. The second-order valence-corrected chi connectivity index (χ2v) is 4.96. The van der Waals surface area contributed by atoms with Gasteiger partial charge in [0.15, 0.2) is 0 Å². The average Bonchev–Trinajstić information content (AvgIpc) is 2.83. The molecule has 0 spiro atoms. The van der Waals surface area contributed by atoms with Crippen LogP contribution < -0.4 is 10.2 Å². The van der Waals surface area contributed by atoms with Gasteiger partial charge in [0, 0.05) is 19.1 Å². The highest BCUT2D eigenvalue weighted by molar-refractivity contribution is 5.51. The van der Waals surface area contributed by atoms with Crippen molar-refractivity contribution in [2.45, 2.75) is 32.0 Å². The van der Waals surface area contributed by atoms with Gasteiger partial charge in [0.2, 0.25) is 0 Å². The van der Waals surface area contributed by atoms with Gasteiger partial charge >= 0.3 is 6.18 Å². The second-order valence-electron chi connectivity index (χ2n) is 4.96. The zero-order valence-electron chi connectivity index (χ0n) is 11.3. The summed E-state index contributed by atoms with van der Waals surface area (Å²) in [5, 5.41) is 3.20. The fourth-order valence-corrected chi connectivity index (χ4v) is 2.59. The van der Waals surface area contributed by atoms with Crippen molar-refractivity contribution in [2.24, 2.45) is 0 Å². The van der Waals surface area contributed by atoms with E-state index in [0.717, 1.165) is 32.0 Å². The van der Waals surface area contributed by atoms with E-state index in [1.807, 2.05) is 11.8 Å². The second kappa shape index (κ2) is 5.99. The van der Waals surface area contributed by atoms with E-state index >= 15 is 0 Å². The van der Waals surface area contributed by atoms with E-state index in [4.69, 9.17) is 0 Å². The first-order chi connectivity index (χ1) is 9.43. The Morgan fingerprint density at radius 1 is 1.35 bits per heavy atom. The van der Waals surface area contributed by atoms with Crippen molar-refractivity contribution >= 4 is 5.69 Å². The van der Waals surface area contributed by atoms with Crippen LogP contribution in [0, 0.1) is 5.82 Å². The number of benzene rings is 1. The zero-order valence-corrected chi connectivity index (χ0v) is 11.3. The van der Waals surface area contributed by atoms with Crippen LogP contribution in [0.25, 0.3) is 0 Å². The number of rotatable bonds is 4. The van der Waals surface area contributed by atoms with Crippen molar-refractivity contribution in [3.05, 3.63) is 29.6 Å². The van der Waals surface area contributed by atoms with E-state index in [0.29, 0.717) is 12.6 Å². The first-order valence-corrected chi connectivity index (χ1v) is 6.77. The Bertz CT molecular complexity index is 459. The summed E-state index contributed by atoms with van der Waals surface area (Å²) in [6, 6.07) is 2.91. The minimum atomic E-state index is -4.51. The van der Waals surface area contributed by atoms with E-state index in [9.17, 15) is 17.6 Å². The quantitative estimate of drug-likeness (QED) is 0.855. The highest BCUT2D eigenvalue weighted by Crippen LogP contribution is 2.34. The maximum Gasteiger partial charge on any atom is 0.416 e. The third-order valence-corrected chi connectivity index (χ3v) is 3.59. The van der Waals surface area contributed by atoms with Crippen LogP contribution in [-0.2, 0) is 6.18 Å². The molecule has 112 valence electrons. The van der Waals surface area contributed by atoms with Gasteiger partial charge < -0.3 is 10.2 Å². The Balaban J connectivity index is 2.20. The third-order valence-electron chi connectivity index (χ3n) is 3.59. The van der Waals surface area contributed by atoms with E-state index in [1.165, 1.54) is 6.07 Å². The molecule has 1 aromatic rings. The Labute approximate surface area is 115 Å². The molecule has 2 rings (SSSR count). The summed E-state index contributed by atoms with van der Waals surface area (Å²) in [6.45, 7) is 4.20. The molecule has 6 heteroatoms. The van der Waals surface area contributed by atoms with Crippen molar-refractivity contribution in [3.63, 3.8) is 0 Å². The van der Waals surface area contributed by atoms with Crippen LogP contribution >= 0.6 is 0 Å². The number of halogens is 4. The summed E-state index contributed by atoms with van der Waals surface area (Å²) in [4.78, 5) is 1.86. The molecule has 0 radical (unpaired) electrons. The van der Waals surface area contributed by atoms with Gasteiger partial charge in [-0.3, -0.25) is 0 Å². The molecule has 0 aromatic heterocycles. The van der Waals surface area contributed by atoms with Crippen LogP contribution in [0.5, 0.6) is 0 Å². The molecule has 1 heterocycles. The van der Waals surface area contributed by atoms with E-state index in [-0.39, 0.29) is 11.7 Å². The van der Waals surface area contributed by atoms with Gasteiger partial charge in [-0.1, -0.05) is 6.92 Å². The standard InChI is InChI=1S/C14H18F4N2/c1-2-19-9-11-4-3-7-20(11)13-6-5-10(8-12(13)15)14(16,17)18/h5-6,8,11,19H,2-4,7,9H2,1H3. The molecule has 1 atom stereocenters. The Hall–Kier alpha value is -1.30. The molecule has 0 saturated carbocycles. The van der Waals surface area contributed by atoms with Gasteiger partial charge in [0.25, 0.3) is 0 Å². The lowest BCUT2D eigenvalue weighted by molar-refractivity contribution is -0.137. The fraction of sp³-hybridized carbons (Fsp3) is 0.571. The molecular formula is C14H18F4N2. The van der Waals surface area contributed by atoms with Crippen LogP contribution in [0.2, 0.25) is 0 Å². The van der Waals surface area contributed by atoms with Crippen LogP contribution in [0.4, 0.5) is 23.2 Å². The van der Waals surface area contributed by atoms with Crippen LogP contribution in [0.1, 0.15) is 25.3 Å². The number of nitrogens with one attached hydrogen (secondary N) is 1. The molecule has 0 amide bonds. The number of hydrogen-bond donors (Lipinski definition) is 1.